The number of hydrogen-bond acceptors (Lipinski definition) is 4. The molecular formula is C31H43NO4. The molecule has 1 amide bonds. The van der Waals surface area contributed by atoms with Gasteiger partial charge in [-0.2, -0.15) is 0 Å². The average Bonchev–Trinajstić information content (AvgIpc) is 3.32. The van der Waals surface area contributed by atoms with Crippen LogP contribution >= 0.6 is 0 Å². The molecule has 0 aliphatic heterocycles. The minimum Gasteiger partial charge on any atom is -0.508 e. The van der Waals surface area contributed by atoms with E-state index < -0.39 is 17.4 Å². The van der Waals surface area contributed by atoms with Gasteiger partial charge in [-0.25, -0.2) is 0 Å². The van der Waals surface area contributed by atoms with E-state index in [1.807, 2.05) is 18.2 Å². The van der Waals surface area contributed by atoms with Crippen LogP contribution in [0.15, 0.2) is 54.3 Å². The number of benzene rings is 1. The van der Waals surface area contributed by atoms with Gasteiger partial charge in [-0.15, -0.1) is 0 Å². The van der Waals surface area contributed by atoms with Crippen LogP contribution in [0.2, 0.25) is 0 Å². The van der Waals surface area contributed by atoms with Crippen LogP contribution < -0.4 is 10.1 Å². The predicted octanol–water partition coefficient (Wildman–Crippen LogP) is 5.74. The first-order valence-electron chi connectivity index (χ1n) is 13.5. The van der Waals surface area contributed by atoms with Gasteiger partial charge in [0.25, 0.3) is 0 Å². The number of nitrogens with one attached hydrogen (secondary N) is 1. The molecule has 5 heteroatoms. The number of aliphatic hydroxyl groups excluding tert-OH is 2. The molecule has 5 unspecified atom stereocenters. The van der Waals surface area contributed by atoms with Gasteiger partial charge in [0.2, 0.25) is 5.91 Å². The van der Waals surface area contributed by atoms with E-state index in [9.17, 15) is 15.0 Å². The molecule has 5 nitrogen and oxygen atoms in total. The van der Waals surface area contributed by atoms with Crippen molar-refractivity contribution in [3.8, 4) is 5.75 Å². The first-order chi connectivity index (χ1) is 17.0. The van der Waals surface area contributed by atoms with Crippen LogP contribution in [0.3, 0.4) is 0 Å². The molecule has 2 bridgehead atoms. The number of rotatable bonds is 10. The molecule has 0 aromatic heterocycles. The maximum atomic E-state index is 13.2. The van der Waals surface area contributed by atoms with Gasteiger partial charge in [0.05, 0.1) is 18.6 Å². The average molecular weight is 494 g/mol. The Balaban J connectivity index is 1.37. The molecule has 1 aromatic carbocycles. The molecule has 5 atom stereocenters. The SMILES string of the molecule is CCC(C)(C)c1ccc(OCCCNC(=O)C2C3C=CC24C=C(O)C=CC4C3O)c(C(C)(C)CC)c1. The zero-order chi connectivity index (χ0) is 26.3. The summed E-state index contributed by atoms with van der Waals surface area (Å²) in [4.78, 5) is 13.2. The Kier molecular flexibility index (Phi) is 7.18. The molecule has 0 radical (unpaired) electrons. The van der Waals surface area contributed by atoms with E-state index in [2.05, 4.69) is 65.1 Å². The van der Waals surface area contributed by atoms with Crippen LogP contribution in [0.4, 0.5) is 0 Å². The molecule has 196 valence electrons. The fourth-order valence-corrected chi connectivity index (χ4v) is 5.99. The van der Waals surface area contributed by atoms with Gasteiger partial charge in [-0.05, 0) is 53.9 Å². The maximum absolute atomic E-state index is 13.2. The number of allylic oxidation sites excluding steroid dienone is 3. The fourth-order valence-electron chi connectivity index (χ4n) is 5.99. The van der Waals surface area contributed by atoms with Crippen molar-refractivity contribution in [3.63, 3.8) is 0 Å². The highest BCUT2D eigenvalue weighted by Gasteiger charge is 2.62. The lowest BCUT2D eigenvalue weighted by Gasteiger charge is -2.34. The number of fused-ring (bicyclic) bond motifs is 1. The Morgan fingerprint density at radius 1 is 1.11 bits per heavy atom. The lowest BCUT2D eigenvalue weighted by Crippen LogP contribution is -2.40. The molecule has 0 heterocycles. The van der Waals surface area contributed by atoms with E-state index in [-0.39, 0.29) is 34.3 Å². The molecule has 3 aliphatic rings. The smallest absolute Gasteiger partial charge is 0.225 e. The summed E-state index contributed by atoms with van der Waals surface area (Å²) in [6, 6.07) is 6.60. The Hall–Kier alpha value is -2.53. The Morgan fingerprint density at radius 3 is 2.53 bits per heavy atom. The molecule has 1 fully saturated rings. The summed E-state index contributed by atoms with van der Waals surface area (Å²) >= 11 is 0. The zero-order valence-corrected chi connectivity index (χ0v) is 22.7. The molecular weight excluding hydrogens is 450 g/mol. The monoisotopic (exact) mass is 493 g/mol. The molecule has 0 saturated heterocycles. The van der Waals surface area contributed by atoms with E-state index in [0.717, 1.165) is 18.6 Å². The van der Waals surface area contributed by atoms with Crippen molar-refractivity contribution in [1.82, 2.24) is 5.32 Å². The highest BCUT2D eigenvalue weighted by atomic mass is 16.5. The first kappa shape index (κ1) is 26.5. The summed E-state index contributed by atoms with van der Waals surface area (Å²) in [7, 11) is 0. The van der Waals surface area contributed by atoms with Crippen LogP contribution in [0.5, 0.6) is 5.75 Å². The lowest BCUT2D eigenvalue weighted by atomic mass is 9.70. The molecule has 36 heavy (non-hydrogen) atoms. The fraction of sp³-hybridized carbons (Fsp3) is 0.581. The second kappa shape index (κ2) is 9.74. The van der Waals surface area contributed by atoms with E-state index in [0.29, 0.717) is 19.6 Å². The third-order valence-electron chi connectivity index (χ3n) is 9.16. The van der Waals surface area contributed by atoms with Crippen molar-refractivity contribution >= 4 is 5.91 Å². The molecule has 3 N–H and O–H groups in total. The van der Waals surface area contributed by atoms with Gasteiger partial charge in [-0.1, -0.05) is 71.9 Å². The third-order valence-corrected chi connectivity index (χ3v) is 9.16. The number of ether oxygens (including phenoxy) is 1. The zero-order valence-electron chi connectivity index (χ0n) is 22.7. The Labute approximate surface area is 216 Å². The van der Waals surface area contributed by atoms with E-state index in [1.165, 1.54) is 11.1 Å². The highest BCUT2D eigenvalue weighted by Crippen LogP contribution is 2.60. The molecule has 1 spiro atoms. The van der Waals surface area contributed by atoms with Gasteiger partial charge < -0.3 is 20.3 Å². The van der Waals surface area contributed by atoms with Gasteiger partial charge in [0.15, 0.2) is 0 Å². The number of carbonyl (C=O) groups excluding carboxylic acids is 1. The largest absolute Gasteiger partial charge is 0.508 e. The van der Waals surface area contributed by atoms with Crippen molar-refractivity contribution < 1.29 is 19.7 Å². The Morgan fingerprint density at radius 2 is 1.83 bits per heavy atom. The van der Waals surface area contributed by atoms with Gasteiger partial charge in [-0.3, -0.25) is 4.79 Å². The summed E-state index contributed by atoms with van der Waals surface area (Å²) in [5.41, 5.74) is 2.04. The van der Waals surface area contributed by atoms with Crippen molar-refractivity contribution in [2.75, 3.05) is 13.2 Å². The summed E-state index contributed by atoms with van der Waals surface area (Å²) in [6.07, 6.45) is 11.3. The summed E-state index contributed by atoms with van der Waals surface area (Å²) in [6.45, 7) is 14.5. The van der Waals surface area contributed by atoms with E-state index in [1.54, 1.807) is 12.2 Å². The predicted molar refractivity (Wildman–Crippen MR) is 144 cm³/mol. The van der Waals surface area contributed by atoms with Gasteiger partial charge in [0.1, 0.15) is 11.5 Å². The topological polar surface area (TPSA) is 78.8 Å². The van der Waals surface area contributed by atoms with Crippen LogP contribution in [0.25, 0.3) is 0 Å². The van der Waals surface area contributed by atoms with Crippen molar-refractivity contribution in [1.29, 1.82) is 0 Å². The molecule has 4 rings (SSSR count). The van der Waals surface area contributed by atoms with Crippen LogP contribution in [0, 0.1) is 23.2 Å². The second-order valence-corrected chi connectivity index (χ2v) is 12.0. The standard InChI is InChI=1S/C31H43NO4/c1-7-29(3,4)20-10-13-25(24(18-20)30(5,6)8-2)36-17-9-16-32-28(35)26-22-14-15-31(26)19-21(33)11-12-23(31)27(22)34/h10-15,18-19,22-23,26-27,33-34H,7-9,16-17H2,1-6H3,(H,32,35). The molecule has 1 aromatic rings. The van der Waals surface area contributed by atoms with E-state index >= 15 is 0 Å². The minimum absolute atomic E-state index is 0.00231. The van der Waals surface area contributed by atoms with E-state index in [4.69, 9.17) is 4.74 Å². The molecule has 3 aliphatic carbocycles. The van der Waals surface area contributed by atoms with Crippen LogP contribution in [-0.2, 0) is 15.6 Å². The van der Waals surface area contributed by atoms with Crippen LogP contribution in [0.1, 0.15) is 71.9 Å². The number of amides is 1. The van der Waals surface area contributed by atoms with Gasteiger partial charge in [0, 0.05) is 29.4 Å². The first-order valence-corrected chi connectivity index (χ1v) is 13.5. The number of carbonyl (C=O) groups is 1. The quantitative estimate of drug-likeness (QED) is 0.287. The highest BCUT2D eigenvalue weighted by molar-refractivity contribution is 5.83. The van der Waals surface area contributed by atoms with Crippen LogP contribution in [-0.4, -0.2) is 35.4 Å². The molecule has 1 saturated carbocycles. The minimum atomic E-state index is -0.641. The third kappa shape index (κ3) is 4.51. The summed E-state index contributed by atoms with van der Waals surface area (Å²) < 4.78 is 6.25. The van der Waals surface area contributed by atoms with Gasteiger partial charge >= 0.3 is 0 Å². The summed E-state index contributed by atoms with van der Waals surface area (Å²) in [5, 5.41) is 23.9. The Bertz CT molecular complexity index is 1080. The second-order valence-electron chi connectivity index (χ2n) is 12.0. The van der Waals surface area contributed by atoms with Crippen molar-refractivity contribution in [2.24, 2.45) is 23.2 Å². The van der Waals surface area contributed by atoms with Crippen molar-refractivity contribution in [2.45, 2.75) is 77.7 Å². The lowest BCUT2D eigenvalue weighted by molar-refractivity contribution is -0.127. The normalized spacial score (nSPS) is 28.7. The summed E-state index contributed by atoms with van der Waals surface area (Å²) in [5.74, 6) is 0.172. The van der Waals surface area contributed by atoms with Crippen molar-refractivity contribution in [3.05, 3.63) is 65.5 Å². The number of hydrogen-bond donors (Lipinski definition) is 3. The maximum Gasteiger partial charge on any atom is 0.225 e. The number of aliphatic hydroxyl groups is 2.